The van der Waals surface area contributed by atoms with Gasteiger partial charge in [-0.25, -0.2) is 4.98 Å². The Bertz CT molecular complexity index is 934. The van der Waals surface area contributed by atoms with Crippen molar-refractivity contribution in [2.75, 3.05) is 63.8 Å². The third-order valence-electron chi connectivity index (χ3n) is 6.34. The summed E-state index contributed by atoms with van der Waals surface area (Å²) in [6, 6.07) is 11.0. The number of pyridine rings is 1. The van der Waals surface area contributed by atoms with E-state index in [0.717, 1.165) is 45.0 Å². The molecule has 178 valence electrons. The van der Waals surface area contributed by atoms with Crippen molar-refractivity contribution >= 4 is 11.7 Å². The van der Waals surface area contributed by atoms with Crippen molar-refractivity contribution < 1.29 is 18.0 Å². The number of alkyl halides is 3. The molecule has 4 rings (SSSR count). The van der Waals surface area contributed by atoms with E-state index in [9.17, 15) is 18.0 Å². The van der Waals surface area contributed by atoms with Crippen LogP contribution < -0.4 is 4.90 Å². The summed E-state index contributed by atoms with van der Waals surface area (Å²) in [7, 11) is 0. The van der Waals surface area contributed by atoms with Gasteiger partial charge in [0.15, 0.2) is 0 Å². The molecule has 1 aromatic heterocycles. The molecule has 2 aliphatic heterocycles. The minimum Gasteiger partial charge on any atom is -0.354 e. The average molecular weight is 462 g/mol. The van der Waals surface area contributed by atoms with Crippen molar-refractivity contribution in [3.8, 4) is 0 Å². The van der Waals surface area contributed by atoms with Crippen LogP contribution in [0.25, 0.3) is 0 Å². The fraction of sp³-hybridized carbons (Fsp3) is 0.500. The molecule has 6 nitrogen and oxygen atoms in total. The molecule has 0 bridgehead atoms. The van der Waals surface area contributed by atoms with Gasteiger partial charge in [0, 0.05) is 65.1 Å². The van der Waals surface area contributed by atoms with Gasteiger partial charge in [-0.1, -0.05) is 29.8 Å². The van der Waals surface area contributed by atoms with Crippen molar-refractivity contribution in [1.82, 2.24) is 19.7 Å². The van der Waals surface area contributed by atoms with Gasteiger partial charge in [0.2, 0.25) is 5.91 Å². The number of carbonyl (C=O) groups excluding carboxylic acids is 1. The molecule has 0 aliphatic carbocycles. The number of piperazine rings is 2. The van der Waals surface area contributed by atoms with Crippen LogP contribution in [-0.2, 0) is 17.5 Å². The lowest BCUT2D eigenvalue weighted by Gasteiger charge is -2.38. The Hall–Kier alpha value is -2.65. The second kappa shape index (κ2) is 10.1. The summed E-state index contributed by atoms with van der Waals surface area (Å²) in [4.78, 5) is 25.2. The Labute approximate surface area is 192 Å². The first-order valence-electron chi connectivity index (χ1n) is 11.3. The number of carbonyl (C=O) groups is 1. The van der Waals surface area contributed by atoms with E-state index in [-0.39, 0.29) is 5.91 Å². The molecule has 0 unspecified atom stereocenters. The third-order valence-corrected chi connectivity index (χ3v) is 6.34. The minimum absolute atomic E-state index is 0.145. The Morgan fingerprint density at radius 3 is 2.24 bits per heavy atom. The lowest BCUT2D eigenvalue weighted by atomic mass is 10.1. The number of halogens is 3. The molecule has 0 spiro atoms. The van der Waals surface area contributed by atoms with Gasteiger partial charge in [0.1, 0.15) is 5.82 Å². The number of amides is 1. The molecule has 2 fully saturated rings. The summed E-state index contributed by atoms with van der Waals surface area (Å²) < 4.78 is 38.2. The summed E-state index contributed by atoms with van der Waals surface area (Å²) >= 11 is 0. The summed E-state index contributed by atoms with van der Waals surface area (Å²) in [6.07, 6.45) is -3.50. The lowest BCUT2D eigenvalue weighted by Crippen LogP contribution is -2.53. The predicted octanol–water partition coefficient (Wildman–Crippen LogP) is 2.88. The van der Waals surface area contributed by atoms with Crippen molar-refractivity contribution in [3.05, 3.63) is 59.3 Å². The van der Waals surface area contributed by atoms with Gasteiger partial charge >= 0.3 is 6.18 Å². The Balaban J connectivity index is 1.20. The lowest BCUT2D eigenvalue weighted by molar-refractivity contribution is -0.138. The summed E-state index contributed by atoms with van der Waals surface area (Å²) in [5.74, 6) is 0.685. The van der Waals surface area contributed by atoms with Crippen LogP contribution in [0.3, 0.4) is 0 Å². The molecule has 0 atom stereocenters. The maximum atomic E-state index is 12.8. The van der Waals surface area contributed by atoms with Gasteiger partial charge in [-0.15, -0.1) is 0 Å². The normalized spacial score (nSPS) is 18.5. The number of benzene rings is 1. The van der Waals surface area contributed by atoms with E-state index in [1.165, 1.54) is 17.2 Å². The molecular formula is C24H30F3N5O. The summed E-state index contributed by atoms with van der Waals surface area (Å²) in [6.45, 7) is 9.23. The second-order valence-electron chi connectivity index (χ2n) is 8.81. The van der Waals surface area contributed by atoms with Crippen LogP contribution in [0.15, 0.2) is 42.6 Å². The largest absolute Gasteiger partial charge is 0.417 e. The molecular weight excluding hydrogens is 431 g/mol. The molecule has 0 saturated carbocycles. The van der Waals surface area contributed by atoms with E-state index >= 15 is 0 Å². The fourth-order valence-corrected chi connectivity index (χ4v) is 4.39. The van der Waals surface area contributed by atoms with Crippen LogP contribution >= 0.6 is 0 Å². The highest BCUT2D eigenvalue weighted by molar-refractivity contribution is 5.78. The van der Waals surface area contributed by atoms with E-state index in [4.69, 9.17) is 0 Å². The Morgan fingerprint density at radius 2 is 1.64 bits per heavy atom. The summed E-state index contributed by atoms with van der Waals surface area (Å²) in [5, 5.41) is 0. The van der Waals surface area contributed by atoms with Gasteiger partial charge in [0.05, 0.1) is 12.1 Å². The van der Waals surface area contributed by atoms with Crippen molar-refractivity contribution in [2.45, 2.75) is 19.6 Å². The second-order valence-corrected chi connectivity index (χ2v) is 8.81. The monoisotopic (exact) mass is 461 g/mol. The van der Waals surface area contributed by atoms with E-state index in [0.29, 0.717) is 38.5 Å². The quantitative estimate of drug-likeness (QED) is 0.685. The van der Waals surface area contributed by atoms with Crippen molar-refractivity contribution in [2.24, 2.45) is 0 Å². The number of hydrogen-bond acceptors (Lipinski definition) is 5. The number of aromatic nitrogens is 1. The molecule has 2 aromatic rings. The Morgan fingerprint density at radius 1 is 0.939 bits per heavy atom. The zero-order valence-electron chi connectivity index (χ0n) is 18.9. The first-order valence-corrected chi connectivity index (χ1v) is 11.3. The molecule has 2 saturated heterocycles. The third kappa shape index (κ3) is 6.23. The minimum atomic E-state index is -4.38. The standard InChI is InChI=1S/C24H30F3N5O/c1-19-3-2-4-20(15-19)17-29-9-13-32(14-10-29)23(33)18-30-7-11-31(12-8-30)22-6-5-21(16-28-22)24(25,26)27/h2-6,15-16H,7-14,17-18H2,1H3. The first-order chi connectivity index (χ1) is 15.8. The molecule has 0 N–H and O–H groups in total. The molecule has 3 heterocycles. The molecule has 33 heavy (non-hydrogen) atoms. The zero-order chi connectivity index (χ0) is 23.4. The number of aryl methyl sites for hydroxylation is 1. The van der Waals surface area contributed by atoms with Crippen LogP contribution in [0, 0.1) is 6.92 Å². The first kappa shape index (κ1) is 23.5. The fourth-order valence-electron chi connectivity index (χ4n) is 4.39. The number of nitrogens with zero attached hydrogens (tertiary/aromatic N) is 5. The summed E-state index contributed by atoms with van der Waals surface area (Å²) in [5.41, 5.74) is 1.82. The predicted molar refractivity (Wildman–Crippen MR) is 121 cm³/mol. The zero-order valence-corrected chi connectivity index (χ0v) is 18.9. The van der Waals surface area contributed by atoms with Crippen LogP contribution in [0.5, 0.6) is 0 Å². The molecule has 1 aromatic carbocycles. The number of rotatable bonds is 5. The van der Waals surface area contributed by atoms with Gasteiger partial charge in [0.25, 0.3) is 0 Å². The van der Waals surface area contributed by atoms with Gasteiger partial charge in [-0.3, -0.25) is 14.6 Å². The SMILES string of the molecule is Cc1cccc(CN2CCN(C(=O)CN3CCN(c4ccc(C(F)(F)F)cn4)CC3)CC2)c1. The highest BCUT2D eigenvalue weighted by atomic mass is 19.4. The van der Waals surface area contributed by atoms with Gasteiger partial charge in [-0.2, -0.15) is 13.2 Å². The number of hydrogen-bond donors (Lipinski definition) is 0. The average Bonchev–Trinajstić information content (AvgIpc) is 2.80. The molecule has 9 heteroatoms. The van der Waals surface area contributed by atoms with Gasteiger partial charge in [-0.05, 0) is 24.6 Å². The maximum absolute atomic E-state index is 12.8. The van der Waals surface area contributed by atoms with Crippen LogP contribution in [0.1, 0.15) is 16.7 Å². The Kier molecular flexibility index (Phi) is 7.19. The molecule has 0 radical (unpaired) electrons. The van der Waals surface area contributed by atoms with Crippen LogP contribution in [0.4, 0.5) is 19.0 Å². The highest BCUT2D eigenvalue weighted by Gasteiger charge is 2.31. The van der Waals surface area contributed by atoms with E-state index < -0.39 is 11.7 Å². The van der Waals surface area contributed by atoms with E-state index in [2.05, 4.69) is 46.0 Å². The molecule has 2 aliphatic rings. The van der Waals surface area contributed by atoms with Gasteiger partial charge < -0.3 is 9.80 Å². The number of anilines is 1. The van der Waals surface area contributed by atoms with E-state index in [1.54, 1.807) is 0 Å². The highest BCUT2D eigenvalue weighted by Crippen LogP contribution is 2.29. The van der Waals surface area contributed by atoms with E-state index in [1.807, 2.05) is 9.80 Å². The topological polar surface area (TPSA) is 42.9 Å². The maximum Gasteiger partial charge on any atom is 0.417 e. The van der Waals surface area contributed by atoms with Crippen LogP contribution in [-0.4, -0.2) is 84.5 Å². The van der Waals surface area contributed by atoms with Crippen molar-refractivity contribution in [1.29, 1.82) is 0 Å². The van der Waals surface area contributed by atoms with Crippen LogP contribution in [0.2, 0.25) is 0 Å². The smallest absolute Gasteiger partial charge is 0.354 e. The van der Waals surface area contributed by atoms with Crippen molar-refractivity contribution in [3.63, 3.8) is 0 Å². The molecule has 1 amide bonds.